The quantitative estimate of drug-likeness (QED) is 0.609. The largest absolute Gasteiger partial charge is 0.356 e. The van der Waals surface area contributed by atoms with Crippen molar-refractivity contribution in [3.05, 3.63) is 0 Å². The van der Waals surface area contributed by atoms with Crippen LogP contribution in [0.2, 0.25) is 0 Å². The molecule has 0 radical (unpaired) electrons. The Morgan fingerprint density at radius 2 is 1.50 bits per heavy atom. The fraction of sp³-hybridized carbons (Fsp3) is 0.867. The molecule has 0 atom stereocenters. The van der Waals surface area contributed by atoms with Gasteiger partial charge in [-0.1, -0.05) is 34.1 Å². The van der Waals surface area contributed by atoms with Crippen LogP contribution in [0.3, 0.4) is 0 Å². The smallest absolute Gasteiger partial charge is 0.220 e. The van der Waals surface area contributed by atoms with Gasteiger partial charge in [-0.05, 0) is 24.7 Å². The lowest BCUT2D eigenvalue weighted by molar-refractivity contribution is -0.122. The lowest BCUT2D eigenvalue weighted by atomic mass is 10.0. The lowest BCUT2D eigenvalue weighted by Gasteiger charge is -2.07. The predicted octanol–water partition coefficient (Wildman–Crippen LogP) is 3.32. The first-order chi connectivity index (χ1) is 8.41. The molecule has 0 aliphatic carbocycles. The van der Waals surface area contributed by atoms with Gasteiger partial charge in [-0.15, -0.1) is 0 Å². The fourth-order valence-corrected chi connectivity index (χ4v) is 1.85. The summed E-state index contributed by atoms with van der Waals surface area (Å²) in [5, 5.41) is 2.91. The van der Waals surface area contributed by atoms with Crippen LogP contribution in [0.1, 0.15) is 66.2 Å². The number of ketones is 1. The van der Waals surface area contributed by atoms with Gasteiger partial charge in [-0.3, -0.25) is 9.59 Å². The fourth-order valence-electron chi connectivity index (χ4n) is 1.85. The average Bonchev–Trinajstić information content (AvgIpc) is 2.20. The van der Waals surface area contributed by atoms with Gasteiger partial charge in [0.05, 0.1) is 0 Å². The minimum Gasteiger partial charge on any atom is -0.356 e. The summed E-state index contributed by atoms with van der Waals surface area (Å²) in [4.78, 5) is 22.8. The van der Waals surface area contributed by atoms with Crippen LogP contribution in [0.15, 0.2) is 0 Å². The predicted molar refractivity (Wildman–Crippen MR) is 75.4 cm³/mol. The molecule has 0 aromatic carbocycles. The summed E-state index contributed by atoms with van der Waals surface area (Å²) in [6.07, 6.45) is 4.94. The Bertz CT molecular complexity index is 221. The molecule has 0 rings (SSSR count). The van der Waals surface area contributed by atoms with Gasteiger partial charge in [0.25, 0.3) is 0 Å². The van der Waals surface area contributed by atoms with Crippen molar-refractivity contribution in [2.24, 2.45) is 11.8 Å². The van der Waals surface area contributed by atoms with Crippen LogP contribution < -0.4 is 5.32 Å². The second kappa shape index (κ2) is 10.1. The Morgan fingerprint density at radius 1 is 0.889 bits per heavy atom. The van der Waals surface area contributed by atoms with Gasteiger partial charge < -0.3 is 5.32 Å². The molecule has 1 amide bonds. The molecular weight excluding hydrogens is 226 g/mol. The molecule has 0 saturated heterocycles. The van der Waals surface area contributed by atoms with E-state index in [1.165, 1.54) is 0 Å². The third-order valence-corrected chi connectivity index (χ3v) is 2.68. The summed E-state index contributed by atoms with van der Waals surface area (Å²) in [5.74, 6) is 1.39. The topological polar surface area (TPSA) is 46.2 Å². The van der Waals surface area contributed by atoms with Gasteiger partial charge in [0.2, 0.25) is 5.91 Å². The van der Waals surface area contributed by atoms with E-state index in [2.05, 4.69) is 19.2 Å². The Balaban J connectivity index is 3.36. The Morgan fingerprint density at radius 3 is 2.06 bits per heavy atom. The molecule has 3 heteroatoms. The standard InChI is InChI=1S/C15H29NO2/c1-12(2)10-14(17)8-6-5-7-9-16-15(18)11-13(3)4/h12-13H,5-11H2,1-4H3,(H,16,18). The zero-order valence-electron chi connectivity index (χ0n) is 12.4. The minimum absolute atomic E-state index is 0.140. The summed E-state index contributed by atoms with van der Waals surface area (Å²) in [5.41, 5.74) is 0. The molecule has 0 spiro atoms. The summed E-state index contributed by atoms with van der Waals surface area (Å²) >= 11 is 0. The van der Waals surface area contributed by atoms with Crippen molar-refractivity contribution in [2.45, 2.75) is 66.2 Å². The molecule has 0 aromatic heterocycles. The van der Waals surface area contributed by atoms with Crippen LogP contribution in [0.5, 0.6) is 0 Å². The second-order valence-corrected chi connectivity index (χ2v) is 5.90. The number of carbonyl (C=O) groups is 2. The maximum Gasteiger partial charge on any atom is 0.220 e. The summed E-state index contributed by atoms with van der Waals surface area (Å²) in [6.45, 7) is 8.97. The molecule has 0 aliphatic rings. The highest BCUT2D eigenvalue weighted by atomic mass is 16.1. The van der Waals surface area contributed by atoms with Gasteiger partial charge in [0.1, 0.15) is 5.78 Å². The number of hydrogen-bond acceptors (Lipinski definition) is 2. The van der Waals surface area contributed by atoms with Gasteiger partial charge in [-0.2, -0.15) is 0 Å². The van der Waals surface area contributed by atoms with Crippen molar-refractivity contribution >= 4 is 11.7 Å². The molecule has 0 unspecified atom stereocenters. The van der Waals surface area contributed by atoms with Gasteiger partial charge >= 0.3 is 0 Å². The van der Waals surface area contributed by atoms with Crippen molar-refractivity contribution < 1.29 is 9.59 Å². The average molecular weight is 255 g/mol. The zero-order valence-corrected chi connectivity index (χ0v) is 12.4. The van der Waals surface area contributed by atoms with Crippen LogP contribution in [0, 0.1) is 11.8 Å². The highest BCUT2D eigenvalue weighted by molar-refractivity contribution is 5.78. The summed E-state index contributed by atoms with van der Waals surface area (Å²) in [6, 6.07) is 0. The van der Waals surface area contributed by atoms with Gasteiger partial charge in [0.15, 0.2) is 0 Å². The molecule has 0 aliphatic heterocycles. The molecule has 0 fully saturated rings. The Kier molecular flexibility index (Phi) is 9.62. The lowest BCUT2D eigenvalue weighted by Crippen LogP contribution is -2.25. The van der Waals surface area contributed by atoms with Crippen molar-refractivity contribution in [2.75, 3.05) is 6.54 Å². The molecule has 18 heavy (non-hydrogen) atoms. The molecule has 0 bridgehead atoms. The molecule has 0 saturated carbocycles. The van der Waals surface area contributed by atoms with E-state index in [1.807, 2.05) is 13.8 Å². The van der Waals surface area contributed by atoms with E-state index >= 15 is 0 Å². The maximum absolute atomic E-state index is 11.4. The SMILES string of the molecule is CC(C)CC(=O)CCCCCNC(=O)CC(C)C. The molecule has 0 aromatic rings. The monoisotopic (exact) mass is 255 g/mol. The second-order valence-electron chi connectivity index (χ2n) is 5.90. The zero-order chi connectivity index (χ0) is 14.0. The number of rotatable bonds is 10. The van der Waals surface area contributed by atoms with E-state index in [4.69, 9.17) is 0 Å². The van der Waals surface area contributed by atoms with E-state index in [-0.39, 0.29) is 5.91 Å². The summed E-state index contributed by atoms with van der Waals surface area (Å²) < 4.78 is 0. The van der Waals surface area contributed by atoms with Gasteiger partial charge in [-0.25, -0.2) is 0 Å². The molecular formula is C15H29NO2. The van der Waals surface area contributed by atoms with Crippen molar-refractivity contribution in [1.82, 2.24) is 5.32 Å². The van der Waals surface area contributed by atoms with Crippen LogP contribution in [0.25, 0.3) is 0 Å². The van der Waals surface area contributed by atoms with E-state index in [0.29, 0.717) is 36.9 Å². The number of carbonyl (C=O) groups excluding carboxylic acids is 2. The van der Waals surface area contributed by atoms with E-state index in [9.17, 15) is 9.59 Å². The number of nitrogens with one attached hydrogen (secondary N) is 1. The number of Topliss-reactive ketones (excluding diaryl/α,β-unsaturated/α-hetero) is 1. The maximum atomic E-state index is 11.4. The van der Waals surface area contributed by atoms with E-state index in [1.54, 1.807) is 0 Å². The Labute approximate surface area is 112 Å². The third kappa shape index (κ3) is 11.6. The van der Waals surface area contributed by atoms with Crippen LogP contribution in [0.4, 0.5) is 0 Å². The van der Waals surface area contributed by atoms with Crippen molar-refractivity contribution in [1.29, 1.82) is 0 Å². The minimum atomic E-state index is 0.140. The van der Waals surface area contributed by atoms with Crippen LogP contribution in [-0.2, 0) is 9.59 Å². The summed E-state index contributed by atoms with van der Waals surface area (Å²) in [7, 11) is 0. The first-order valence-electron chi connectivity index (χ1n) is 7.20. The highest BCUT2D eigenvalue weighted by Gasteiger charge is 2.05. The van der Waals surface area contributed by atoms with E-state index < -0.39 is 0 Å². The van der Waals surface area contributed by atoms with Crippen LogP contribution >= 0.6 is 0 Å². The Hall–Kier alpha value is -0.860. The first kappa shape index (κ1) is 17.1. The molecule has 1 N–H and O–H groups in total. The number of unbranched alkanes of at least 4 members (excludes halogenated alkanes) is 2. The third-order valence-electron chi connectivity index (χ3n) is 2.68. The molecule has 0 heterocycles. The van der Waals surface area contributed by atoms with Crippen LogP contribution in [-0.4, -0.2) is 18.2 Å². The molecule has 3 nitrogen and oxygen atoms in total. The number of hydrogen-bond donors (Lipinski definition) is 1. The van der Waals surface area contributed by atoms with Gasteiger partial charge in [0, 0.05) is 25.8 Å². The highest BCUT2D eigenvalue weighted by Crippen LogP contribution is 2.07. The molecule has 106 valence electrons. The van der Waals surface area contributed by atoms with Crippen molar-refractivity contribution in [3.63, 3.8) is 0 Å². The van der Waals surface area contributed by atoms with Crippen molar-refractivity contribution in [3.8, 4) is 0 Å². The first-order valence-corrected chi connectivity index (χ1v) is 7.20. The number of amides is 1. The normalized spacial score (nSPS) is 11.0. The van der Waals surface area contributed by atoms with E-state index in [0.717, 1.165) is 25.8 Å².